The summed E-state index contributed by atoms with van der Waals surface area (Å²) in [5, 5.41) is 3.15. The van der Waals surface area contributed by atoms with E-state index in [2.05, 4.69) is 93.4 Å². The molecule has 1 N–H and O–H groups in total. The summed E-state index contributed by atoms with van der Waals surface area (Å²) < 4.78 is 0. The summed E-state index contributed by atoms with van der Waals surface area (Å²) in [4.78, 5) is 14.9. The van der Waals surface area contributed by atoms with Gasteiger partial charge in [0.2, 0.25) is 5.91 Å². The molecule has 0 aromatic heterocycles. The van der Waals surface area contributed by atoms with Gasteiger partial charge in [-0.2, -0.15) is 0 Å². The number of piperidine rings is 1. The molecular weight excluding hydrogens is 368 g/mol. The summed E-state index contributed by atoms with van der Waals surface area (Å²) in [6, 6.07) is 17.4. The first-order valence-corrected chi connectivity index (χ1v) is 11.5. The van der Waals surface area contributed by atoms with Crippen LogP contribution in [0.25, 0.3) is 0 Å². The number of hydrogen-bond donors (Lipinski definition) is 1. The fourth-order valence-electron chi connectivity index (χ4n) is 4.07. The number of carbonyl (C=O) groups is 1. The first kappa shape index (κ1) is 22.4. The van der Waals surface area contributed by atoms with Crippen molar-refractivity contribution in [3.05, 3.63) is 65.2 Å². The predicted octanol–water partition coefficient (Wildman–Crippen LogP) is 6.03. The number of amides is 1. The largest absolute Gasteiger partial charge is 0.372 e. The van der Waals surface area contributed by atoms with Gasteiger partial charge in [-0.3, -0.25) is 4.79 Å². The molecule has 1 atom stereocenters. The third kappa shape index (κ3) is 6.10. The monoisotopic (exact) mass is 406 g/mol. The second-order valence-electron chi connectivity index (χ2n) is 10.00. The molecule has 3 nitrogen and oxygen atoms in total. The van der Waals surface area contributed by atoms with Gasteiger partial charge in [-0.25, -0.2) is 0 Å². The van der Waals surface area contributed by atoms with Gasteiger partial charge in [-0.15, -0.1) is 0 Å². The molecule has 2 aromatic carbocycles. The second kappa shape index (κ2) is 9.68. The molecule has 1 aliphatic rings. The summed E-state index contributed by atoms with van der Waals surface area (Å²) in [7, 11) is 0. The Balaban J connectivity index is 1.48. The zero-order valence-electron chi connectivity index (χ0n) is 19.4. The number of carbonyl (C=O) groups excluding carboxylic acids is 1. The molecule has 0 spiro atoms. The SMILES string of the molecule is CC1CCN(c2ccc([C@@H](C)NC(=O)CCc3ccc(C(C)(C)C)cc3)cc2)CC1. The lowest BCUT2D eigenvalue weighted by Gasteiger charge is -2.32. The fraction of sp³-hybridized carbons (Fsp3) is 0.519. The molecule has 1 amide bonds. The second-order valence-corrected chi connectivity index (χ2v) is 10.00. The Kier molecular flexibility index (Phi) is 7.23. The number of benzene rings is 2. The Morgan fingerprint density at radius 1 is 1.03 bits per heavy atom. The van der Waals surface area contributed by atoms with Crippen LogP contribution in [0.15, 0.2) is 48.5 Å². The summed E-state index contributed by atoms with van der Waals surface area (Å²) in [6.07, 6.45) is 3.83. The maximum Gasteiger partial charge on any atom is 0.220 e. The highest BCUT2D eigenvalue weighted by molar-refractivity contribution is 5.76. The van der Waals surface area contributed by atoms with Gasteiger partial charge in [-0.05, 0) is 66.3 Å². The van der Waals surface area contributed by atoms with E-state index in [0.717, 1.165) is 31.0 Å². The normalized spacial score (nSPS) is 16.4. The van der Waals surface area contributed by atoms with Crippen molar-refractivity contribution in [3.63, 3.8) is 0 Å². The van der Waals surface area contributed by atoms with E-state index in [1.807, 2.05) is 0 Å². The highest BCUT2D eigenvalue weighted by Gasteiger charge is 2.17. The summed E-state index contributed by atoms with van der Waals surface area (Å²) in [6.45, 7) is 13.3. The molecule has 0 radical (unpaired) electrons. The minimum absolute atomic E-state index is 0.0243. The summed E-state index contributed by atoms with van der Waals surface area (Å²) in [5.41, 5.74) is 5.15. The van der Waals surface area contributed by atoms with Crippen LogP contribution in [0, 0.1) is 5.92 Å². The molecular formula is C27H38N2O. The van der Waals surface area contributed by atoms with Crippen LogP contribution in [0.3, 0.4) is 0 Å². The molecule has 0 aliphatic carbocycles. The van der Waals surface area contributed by atoms with Gasteiger partial charge >= 0.3 is 0 Å². The topological polar surface area (TPSA) is 32.3 Å². The van der Waals surface area contributed by atoms with Crippen LogP contribution in [0.2, 0.25) is 0 Å². The minimum Gasteiger partial charge on any atom is -0.372 e. The summed E-state index contributed by atoms with van der Waals surface area (Å²) in [5.74, 6) is 0.948. The molecule has 0 bridgehead atoms. The molecule has 1 aliphatic heterocycles. The highest BCUT2D eigenvalue weighted by Crippen LogP contribution is 2.25. The van der Waals surface area contributed by atoms with E-state index in [0.29, 0.717) is 6.42 Å². The van der Waals surface area contributed by atoms with Crippen LogP contribution in [0.4, 0.5) is 5.69 Å². The Morgan fingerprint density at radius 3 is 2.20 bits per heavy atom. The average Bonchev–Trinajstić information content (AvgIpc) is 2.72. The zero-order valence-corrected chi connectivity index (χ0v) is 19.4. The number of nitrogens with one attached hydrogen (secondary N) is 1. The van der Waals surface area contributed by atoms with Crippen LogP contribution in [-0.4, -0.2) is 19.0 Å². The van der Waals surface area contributed by atoms with E-state index in [1.165, 1.54) is 29.7 Å². The molecule has 162 valence electrons. The first-order valence-electron chi connectivity index (χ1n) is 11.5. The van der Waals surface area contributed by atoms with Gasteiger partial charge in [0.25, 0.3) is 0 Å². The van der Waals surface area contributed by atoms with Crippen LogP contribution >= 0.6 is 0 Å². The van der Waals surface area contributed by atoms with Crippen molar-refractivity contribution in [2.75, 3.05) is 18.0 Å². The molecule has 1 saturated heterocycles. The number of anilines is 1. The fourth-order valence-corrected chi connectivity index (χ4v) is 4.07. The Bertz CT molecular complexity index is 809. The van der Waals surface area contributed by atoms with E-state index in [-0.39, 0.29) is 17.4 Å². The molecule has 3 rings (SSSR count). The van der Waals surface area contributed by atoms with Gasteiger partial charge in [-0.1, -0.05) is 64.1 Å². The van der Waals surface area contributed by atoms with Crippen LogP contribution in [0.5, 0.6) is 0 Å². The van der Waals surface area contributed by atoms with Gasteiger partial charge in [0.15, 0.2) is 0 Å². The third-order valence-corrected chi connectivity index (χ3v) is 6.38. The van der Waals surface area contributed by atoms with E-state index in [4.69, 9.17) is 0 Å². The number of nitrogens with zero attached hydrogens (tertiary/aromatic N) is 1. The van der Waals surface area contributed by atoms with E-state index < -0.39 is 0 Å². The van der Waals surface area contributed by atoms with Gasteiger partial charge in [0.05, 0.1) is 6.04 Å². The van der Waals surface area contributed by atoms with Crippen molar-refractivity contribution >= 4 is 11.6 Å². The first-order chi connectivity index (χ1) is 14.2. The molecule has 3 heteroatoms. The average molecular weight is 407 g/mol. The number of aryl methyl sites for hydroxylation is 1. The van der Waals surface area contributed by atoms with Gasteiger partial charge in [0.1, 0.15) is 0 Å². The van der Waals surface area contributed by atoms with Crippen molar-refractivity contribution in [2.45, 2.75) is 71.8 Å². The highest BCUT2D eigenvalue weighted by atomic mass is 16.1. The van der Waals surface area contributed by atoms with E-state index >= 15 is 0 Å². The van der Waals surface area contributed by atoms with Gasteiger partial charge in [0, 0.05) is 25.2 Å². The van der Waals surface area contributed by atoms with E-state index in [1.54, 1.807) is 0 Å². The standard InChI is InChI=1S/C27H38N2O/c1-20-16-18-29(19-17-20)25-13-9-23(10-14-25)21(2)28-26(30)15-8-22-6-11-24(12-7-22)27(3,4)5/h6-7,9-14,20-21H,8,15-19H2,1-5H3,(H,28,30)/t21-/m1/s1. The minimum atomic E-state index is 0.0243. The Labute approximate surface area is 182 Å². The number of rotatable bonds is 6. The van der Waals surface area contributed by atoms with Crippen molar-refractivity contribution in [1.29, 1.82) is 0 Å². The van der Waals surface area contributed by atoms with Crippen molar-refractivity contribution in [2.24, 2.45) is 5.92 Å². The van der Waals surface area contributed by atoms with Crippen molar-refractivity contribution < 1.29 is 4.79 Å². The molecule has 1 fully saturated rings. The zero-order chi connectivity index (χ0) is 21.7. The molecule has 0 unspecified atom stereocenters. The molecule has 1 heterocycles. The van der Waals surface area contributed by atoms with Gasteiger partial charge < -0.3 is 10.2 Å². The smallest absolute Gasteiger partial charge is 0.220 e. The maximum atomic E-state index is 12.5. The lowest BCUT2D eigenvalue weighted by atomic mass is 9.86. The molecule has 2 aromatic rings. The molecule has 0 saturated carbocycles. The third-order valence-electron chi connectivity index (χ3n) is 6.38. The van der Waals surface area contributed by atoms with Crippen LogP contribution in [-0.2, 0) is 16.6 Å². The number of hydrogen-bond acceptors (Lipinski definition) is 2. The predicted molar refractivity (Wildman–Crippen MR) is 127 cm³/mol. The Morgan fingerprint density at radius 2 is 1.63 bits per heavy atom. The maximum absolute atomic E-state index is 12.5. The van der Waals surface area contributed by atoms with E-state index in [9.17, 15) is 4.79 Å². The lowest BCUT2D eigenvalue weighted by molar-refractivity contribution is -0.121. The Hall–Kier alpha value is -2.29. The van der Waals surface area contributed by atoms with Crippen molar-refractivity contribution in [3.8, 4) is 0 Å². The van der Waals surface area contributed by atoms with Crippen molar-refractivity contribution in [1.82, 2.24) is 5.32 Å². The van der Waals surface area contributed by atoms with Crippen LogP contribution < -0.4 is 10.2 Å². The van der Waals surface area contributed by atoms with Crippen LogP contribution in [0.1, 0.15) is 76.6 Å². The quantitative estimate of drug-likeness (QED) is 0.635. The summed E-state index contributed by atoms with van der Waals surface area (Å²) >= 11 is 0. The lowest BCUT2D eigenvalue weighted by Crippen LogP contribution is -2.32. The molecule has 30 heavy (non-hydrogen) atoms.